The number of rotatable bonds is 5. The molecular weight excluding hydrogens is 267 g/mol. The van der Waals surface area contributed by atoms with Crippen molar-refractivity contribution in [1.82, 2.24) is 0 Å². The minimum atomic E-state index is -0.313. The summed E-state index contributed by atoms with van der Waals surface area (Å²) in [5.74, 6) is -0.313. The van der Waals surface area contributed by atoms with E-state index in [2.05, 4.69) is 11.6 Å². The van der Waals surface area contributed by atoms with Crippen molar-refractivity contribution in [3.05, 3.63) is 29.6 Å². The number of hydrogen-bond donors (Lipinski definition) is 2. The molecule has 0 aromatic heterocycles. The van der Waals surface area contributed by atoms with E-state index in [0.29, 0.717) is 10.3 Å². The minimum absolute atomic E-state index is 0.226. The number of thiocarbonyl (C=S) groups is 1. The van der Waals surface area contributed by atoms with Crippen LogP contribution in [0.25, 0.3) is 0 Å². The van der Waals surface area contributed by atoms with E-state index < -0.39 is 0 Å². The van der Waals surface area contributed by atoms with Crippen molar-refractivity contribution >= 4 is 34.7 Å². The third-order valence-electron chi connectivity index (χ3n) is 3.55. The molecule has 0 saturated heterocycles. The monoisotopic (exact) mass is 284 g/mol. The van der Waals surface area contributed by atoms with Gasteiger partial charge >= 0.3 is 0 Å². The van der Waals surface area contributed by atoms with Crippen LogP contribution in [0.15, 0.2) is 18.2 Å². The number of hydrogen-bond acceptors (Lipinski definition) is 3. The largest absolute Gasteiger partial charge is 0.389 e. The van der Waals surface area contributed by atoms with Crippen molar-refractivity contribution in [2.75, 3.05) is 18.1 Å². The van der Waals surface area contributed by atoms with Crippen LogP contribution in [0.5, 0.6) is 0 Å². The van der Waals surface area contributed by atoms with Crippen LogP contribution in [0.4, 0.5) is 10.1 Å². The molecule has 1 fully saturated rings. The highest BCUT2D eigenvalue weighted by atomic mass is 32.2. The van der Waals surface area contributed by atoms with Crippen molar-refractivity contribution in [2.24, 2.45) is 5.73 Å². The Labute approximate surface area is 117 Å². The molecule has 1 aromatic rings. The highest BCUT2D eigenvalue weighted by molar-refractivity contribution is 8.00. The van der Waals surface area contributed by atoms with Crippen molar-refractivity contribution in [2.45, 2.75) is 24.0 Å². The number of halogens is 1. The Morgan fingerprint density at radius 1 is 1.56 bits per heavy atom. The quantitative estimate of drug-likeness (QED) is 0.815. The van der Waals surface area contributed by atoms with Gasteiger partial charge in [0.25, 0.3) is 0 Å². The molecule has 0 spiro atoms. The lowest BCUT2D eigenvalue weighted by molar-refractivity contribution is 0.380. The molecule has 0 unspecified atom stereocenters. The first-order valence-electron chi connectivity index (χ1n) is 5.95. The fourth-order valence-corrected chi connectivity index (χ4v) is 3.24. The van der Waals surface area contributed by atoms with Crippen LogP contribution >= 0.6 is 24.0 Å². The van der Waals surface area contributed by atoms with Crippen LogP contribution in [0.3, 0.4) is 0 Å². The molecule has 0 aliphatic heterocycles. The van der Waals surface area contributed by atoms with Gasteiger partial charge in [0.2, 0.25) is 0 Å². The molecule has 0 bridgehead atoms. The van der Waals surface area contributed by atoms with Crippen LogP contribution < -0.4 is 11.1 Å². The van der Waals surface area contributed by atoms with E-state index in [1.54, 1.807) is 6.07 Å². The second-order valence-corrected chi connectivity index (χ2v) is 6.36. The first-order chi connectivity index (χ1) is 8.56. The van der Waals surface area contributed by atoms with Gasteiger partial charge in [-0.2, -0.15) is 11.8 Å². The Bertz CT molecular complexity index is 453. The Kier molecular flexibility index (Phi) is 4.12. The molecule has 0 amide bonds. The summed E-state index contributed by atoms with van der Waals surface area (Å²) in [4.78, 5) is 0.226. The topological polar surface area (TPSA) is 38.0 Å². The summed E-state index contributed by atoms with van der Waals surface area (Å²) >= 11 is 6.85. The van der Waals surface area contributed by atoms with Crippen LogP contribution in [-0.2, 0) is 0 Å². The second-order valence-electron chi connectivity index (χ2n) is 4.65. The number of nitrogens with one attached hydrogen (secondary N) is 1. The fraction of sp³-hybridized carbons (Fsp3) is 0.462. The van der Waals surface area contributed by atoms with Gasteiger partial charge in [-0.3, -0.25) is 0 Å². The third-order valence-corrected chi connectivity index (χ3v) is 5.18. The van der Waals surface area contributed by atoms with Crippen molar-refractivity contribution < 1.29 is 4.39 Å². The van der Waals surface area contributed by atoms with Crippen molar-refractivity contribution in [3.8, 4) is 0 Å². The highest BCUT2D eigenvalue weighted by Gasteiger charge is 2.35. The summed E-state index contributed by atoms with van der Waals surface area (Å²) in [5, 5.41) is 3.36. The molecule has 0 atom stereocenters. The van der Waals surface area contributed by atoms with Crippen LogP contribution in [0.1, 0.15) is 24.8 Å². The summed E-state index contributed by atoms with van der Waals surface area (Å²) < 4.78 is 13.5. The molecule has 1 saturated carbocycles. The zero-order chi connectivity index (χ0) is 13.2. The van der Waals surface area contributed by atoms with Crippen LogP contribution in [0.2, 0.25) is 0 Å². The van der Waals surface area contributed by atoms with E-state index in [0.717, 1.165) is 12.2 Å². The van der Waals surface area contributed by atoms with E-state index in [1.807, 2.05) is 11.8 Å². The SMILES string of the molecule is CSC1(CNc2ccc(F)cc2C(N)=S)CCC1. The minimum Gasteiger partial charge on any atom is -0.389 e. The molecule has 18 heavy (non-hydrogen) atoms. The van der Waals surface area contributed by atoms with E-state index in [1.165, 1.54) is 31.4 Å². The van der Waals surface area contributed by atoms with Gasteiger partial charge in [0.05, 0.1) is 0 Å². The maximum Gasteiger partial charge on any atom is 0.124 e. The van der Waals surface area contributed by atoms with Gasteiger partial charge in [-0.25, -0.2) is 4.39 Å². The number of anilines is 1. The van der Waals surface area contributed by atoms with E-state index in [9.17, 15) is 4.39 Å². The molecule has 3 N–H and O–H groups in total. The lowest BCUT2D eigenvalue weighted by Crippen LogP contribution is -2.40. The zero-order valence-electron chi connectivity index (χ0n) is 10.3. The van der Waals surface area contributed by atoms with Gasteiger partial charge in [-0.05, 0) is 37.3 Å². The van der Waals surface area contributed by atoms with Gasteiger partial charge in [-0.15, -0.1) is 0 Å². The summed E-state index contributed by atoms with van der Waals surface area (Å²) in [5.41, 5.74) is 7.03. The maximum absolute atomic E-state index is 13.2. The predicted octanol–water partition coefficient (Wildman–Crippen LogP) is 3.16. The summed E-state index contributed by atoms with van der Waals surface area (Å²) in [7, 11) is 0. The smallest absolute Gasteiger partial charge is 0.124 e. The van der Waals surface area contributed by atoms with Crippen molar-refractivity contribution in [3.63, 3.8) is 0 Å². The number of nitrogens with two attached hydrogens (primary N) is 1. The first-order valence-corrected chi connectivity index (χ1v) is 7.58. The Balaban J connectivity index is 2.11. The summed E-state index contributed by atoms with van der Waals surface area (Å²) in [6.07, 6.45) is 5.88. The Hall–Kier alpha value is -0.810. The lowest BCUT2D eigenvalue weighted by atomic mass is 9.84. The van der Waals surface area contributed by atoms with Crippen LogP contribution in [-0.4, -0.2) is 22.5 Å². The Morgan fingerprint density at radius 2 is 2.28 bits per heavy atom. The van der Waals surface area contributed by atoms with E-state index in [4.69, 9.17) is 18.0 Å². The molecular formula is C13H17FN2S2. The molecule has 2 nitrogen and oxygen atoms in total. The van der Waals surface area contributed by atoms with Gasteiger partial charge in [0.1, 0.15) is 10.8 Å². The average molecular weight is 284 g/mol. The normalized spacial score (nSPS) is 17.0. The predicted molar refractivity (Wildman–Crippen MR) is 80.9 cm³/mol. The van der Waals surface area contributed by atoms with Gasteiger partial charge < -0.3 is 11.1 Å². The van der Waals surface area contributed by atoms with Crippen molar-refractivity contribution in [1.29, 1.82) is 0 Å². The maximum atomic E-state index is 13.2. The van der Waals surface area contributed by atoms with E-state index in [-0.39, 0.29) is 10.8 Å². The molecule has 98 valence electrons. The Morgan fingerprint density at radius 3 is 2.78 bits per heavy atom. The summed E-state index contributed by atoms with van der Waals surface area (Å²) in [6.45, 7) is 0.870. The summed E-state index contributed by atoms with van der Waals surface area (Å²) in [6, 6.07) is 4.52. The van der Waals surface area contributed by atoms with Gasteiger partial charge in [0.15, 0.2) is 0 Å². The zero-order valence-corrected chi connectivity index (χ0v) is 12.0. The molecule has 1 aromatic carbocycles. The standard InChI is InChI=1S/C13H17FN2S2/c1-18-13(5-2-6-13)8-16-11-4-3-9(14)7-10(11)12(15)17/h3-4,7,16H,2,5-6,8H2,1H3,(H2,15,17). The van der Waals surface area contributed by atoms with E-state index >= 15 is 0 Å². The molecule has 0 radical (unpaired) electrons. The highest BCUT2D eigenvalue weighted by Crippen LogP contribution is 2.42. The molecule has 5 heteroatoms. The third kappa shape index (κ3) is 2.78. The molecule has 1 aliphatic rings. The average Bonchev–Trinajstić information content (AvgIpc) is 2.29. The van der Waals surface area contributed by atoms with Crippen LogP contribution in [0, 0.1) is 5.82 Å². The number of benzene rings is 1. The van der Waals surface area contributed by atoms with Gasteiger partial charge in [-0.1, -0.05) is 18.6 Å². The lowest BCUT2D eigenvalue weighted by Gasteiger charge is -2.40. The first kappa shape index (κ1) is 13.6. The second kappa shape index (κ2) is 5.45. The fourth-order valence-electron chi connectivity index (χ4n) is 2.15. The van der Waals surface area contributed by atoms with Gasteiger partial charge in [0, 0.05) is 22.5 Å². The molecule has 2 rings (SSSR count). The number of thioether (sulfide) groups is 1. The molecule has 1 aliphatic carbocycles. The molecule has 0 heterocycles.